The van der Waals surface area contributed by atoms with Crippen LogP contribution in [0.2, 0.25) is 0 Å². The lowest BCUT2D eigenvalue weighted by molar-refractivity contribution is 0.0851. The average molecular weight is 277 g/mol. The molecule has 0 N–H and O–H groups in total. The lowest BCUT2D eigenvalue weighted by Crippen LogP contribution is -2.38. The molecule has 3 nitrogen and oxygen atoms in total. The Balaban J connectivity index is 2.86. The number of carbonyl (C=O) groups excluding carboxylic acids is 1. The normalized spacial score (nSPS) is 11.4. The number of carbonyl (C=O) groups is 1. The van der Waals surface area contributed by atoms with Gasteiger partial charge in [-0.15, -0.1) is 0 Å². The molecule has 0 aliphatic heterocycles. The highest BCUT2D eigenvalue weighted by Crippen LogP contribution is 2.16. The van der Waals surface area contributed by atoms with Crippen LogP contribution >= 0.6 is 0 Å². The molecule has 0 saturated carbocycles. The van der Waals surface area contributed by atoms with Crippen LogP contribution in [0.5, 0.6) is 0 Å². The van der Waals surface area contributed by atoms with E-state index in [0.29, 0.717) is 19.2 Å². The molecule has 1 rings (SSSR count). The van der Waals surface area contributed by atoms with Crippen molar-refractivity contribution in [3.8, 4) is 0 Å². The van der Waals surface area contributed by atoms with Gasteiger partial charge in [0.05, 0.1) is 13.2 Å². The van der Waals surface area contributed by atoms with Crippen molar-refractivity contribution in [1.82, 2.24) is 4.90 Å². The molecule has 0 fully saturated rings. The van der Waals surface area contributed by atoms with Gasteiger partial charge in [0.25, 0.3) is 0 Å². The number of ketones is 1. The van der Waals surface area contributed by atoms with Crippen molar-refractivity contribution in [3.05, 3.63) is 34.4 Å². The fraction of sp³-hybridized carbons (Fsp3) is 0.588. The van der Waals surface area contributed by atoms with Gasteiger partial charge in [-0.2, -0.15) is 0 Å². The predicted octanol–water partition coefficient (Wildman–Crippen LogP) is 3.15. The number of Topliss-reactive ketones (excluding diaryl/α,β-unsaturated/α-hetero) is 1. The summed E-state index contributed by atoms with van der Waals surface area (Å²) >= 11 is 0. The van der Waals surface area contributed by atoms with Crippen LogP contribution in [0.1, 0.15) is 40.9 Å². The molecule has 0 unspecified atom stereocenters. The van der Waals surface area contributed by atoms with Gasteiger partial charge in [0, 0.05) is 25.3 Å². The predicted molar refractivity (Wildman–Crippen MR) is 83.6 cm³/mol. The van der Waals surface area contributed by atoms with Crippen molar-refractivity contribution < 1.29 is 9.53 Å². The van der Waals surface area contributed by atoms with Crippen molar-refractivity contribution in [2.45, 2.75) is 40.7 Å². The average Bonchev–Trinajstić information content (AvgIpc) is 2.38. The third-order valence-electron chi connectivity index (χ3n) is 3.80. The van der Waals surface area contributed by atoms with Crippen LogP contribution in [0.25, 0.3) is 0 Å². The van der Waals surface area contributed by atoms with Crippen LogP contribution in [-0.4, -0.2) is 43.5 Å². The summed E-state index contributed by atoms with van der Waals surface area (Å²) in [6.45, 7) is 12.2. The van der Waals surface area contributed by atoms with E-state index in [1.54, 1.807) is 7.11 Å². The van der Waals surface area contributed by atoms with Crippen molar-refractivity contribution in [1.29, 1.82) is 0 Å². The zero-order valence-corrected chi connectivity index (χ0v) is 13.6. The first kappa shape index (κ1) is 16.9. The first-order chi connectivity index (χ1) is 9.36. The molecule has 0 aliphatic rings. The highest BCUT2D eigenvalue weighted by atomic mass is 16.5. The molecule has 1 aromatic rings. The Morgan fingerprint density at radius 3 is 2.30 bits per heavy atom. The minimum Gasteiger partial charge on any atom is -0.383 e. The molecule has 20 heavy (non-hydrogen) atoms. The number of hydrogen-bond acceptors (Lipinski definition) is 3. The number of hydrogen-bond donors (Lipinski definition) is 0. The van der Waals surface area contributed by atoms with Gasteiger partial charge in [0.1, 0.15) is 0 Å². The molecule has 0 heterocycles. The summed E-state index contributed by atoms with van der Waals surface area (Å²) in [6, 6.07) is 4.44. The highest BCUT2D eigenvalue weighted by Gasteiger charge is 2.17. The third kappa shape index (κ3) is 4.43. The minimum absolute atomic E-state index is 0.190. The molecule has 0 aromatic heterocycles. The fourth-order valence-electron chi connectivity index (χ4n) is 2.26. The van der Waals surface area contributed by atoms with E-state index < -0.39 is 0 Å². The maximum Gasteiger partial charge on any atom is 0.177 e. The van der Waals surface area contributed by atoms with Gasteiger partial charge in [-0.25, -0.2) is 0 Å². The molecular weight excluding hydrogens is 250 g/mol. The van der Waals surface area contributed by atoms with E-state index in [2.05, 4.69) is 38.7 Å². The Kier molecular flexibility index (Phi) is 6.37. The van der Waals surface area contributed by atoms with Gasteiger partial charge in [-0.1, -0.05) is 6.07 Å². The highest BCUT2D eigenvalue weighted by molar-refractivity contribution is 5.99. The van der Waals surface area contributed by atoms with Gasteiger partial charge in [0.2, 0.25) is 0 Å². The zero-order valence-electron chi connectivity index (χ0n) is 13.6. The van der Waals surface area contributed by atoms with Gasteiger partial charge >= 0.3 is 0 Å². The first-order valence-corrected chi connectivity index (χ1v) is 7.20. The Morgan fingerprint density at radius 2 is 1.75 bits per heavy atom. The SMILES string of the molecule is COCCN(CC(=O)c1cc(C)c(C)cc1C)C(C)C. The maximum atomic E-state index is 12.5. The van der Waals surface area contributed by atoms with Gasteiger partial charge in [0.15, 0.2) is 5.78 Å². The molecule has 0 amide bonds. The van der Waals surface area contributed by atoms with Crippen LogP contribution in [0.3, 0.4) is 0 Å². The molecule has 3 heteroatoms. The van der Waals surface area contributed by atoms with Crippen molar-refractivity contribution in [2.24, 2.45) is 0 Å². The second kappa shape index (κ2) is 7.55. The molecular formula is C17H27NO2. The molecule has 0 radical (unpaired) electrons. The lowest BCUT2D eigenvalue weighted by atomic mass is 9.97. The molecule has 0 spiro atoms. The summed E-state index contributed by atoms with van der Waals surface area (Å²) in [6.07, 6.45) is 0. The monoisotopic (exact) mass is 277 g/mol. The van der Waals surface area contributed by atoms with Gasteiger partial charge < -0.3 is 4.74 Å². The number of ether oxygens (including phenoxy) is 1. The van der Waals surface area contributed by atoms with Crippen molar-refractivity contribution in [2.75, 3.05) is 26.8 Å². The van der Waals surface area contributed by atoms with E-state index in [-0.39, 0.29) is 5.78 Å². The first-order valence-electron chi connectivity index (χ1n) is 7.20. The summed E-state index contributed by atoms with van der Waals surface area (Å²) < 4.78 is 5.12. The van der Waals surface area contributed by atoms with Gasteiger partial charge in [-0.05, 0) is 57.4 Å². The van der Waals surface area contributed by atoms with E-state index >= 15 is 0 Å². The molecule has 112 valence electrons. The van der Waals surface area contributed by atoms with Crippen molar-refractivity contribution >= 4 is 5.78 Å². The smallest absolute Gasteiger partial charge is 0.177 e. The maximum absolute atomic E-state index is 12.5. The molecule has 0 atom stereocenters. The summed E-state index contributed by atoms with van der Waals surface area (Å²) in [5.41, 5.74) is 4.32. The lowest BCUT2D eigenvalue weighted by Gasteiger charge is -2.25. The summed E-state index contributed by atoms with van der Waals surface area (Å²) in [7, 11) is 1.69. The minimum atomic E-state index is 0.190. The van der Waals surface area contributed by atoms with Crippen LogP contribution < -0.4 is 0 Å². The zero-order chi connectivity index (χ0) is 15.3. The Morgan fingerprint density at radius 1 is 1.15 bits per heavy atom. The fourth-order valence-corrected chi connectivity index (χ4v) is 2.26. The molecule has 0 saturated heterocycles. The van der Waals surface area contributed by atoms with Crippen LogP contribution in [0.15, 0.2) is 12.1 Å². The second-order valence-corrected chi connectivity index (χ2v) is 5.73. The van der Waals surface area contributed by atoms with E-state index in [1.807, 2.05) is 13.0 Å². The van der Waals surface area contributed by atoms with E-state index in [0.717, 1.165) is 17.7 Å². The molecule has 0 bridgehead atoms. The Bertz CT molecular complexity index is 466. The van der Waals surface area contributed by atoms with E-state index in [9.17, 15) is 4.79 Å². The Hall–Kier alpha value is -1.19. The largest absolute Gasteiger partial charge is 0.383 e. The van der Waals surface area contributed by atoms with Crippen LogP contribution in [0, 0.1) is 20.8 Å². The van der Waals surface area contributed by atoms with E-state index in [1.165, 1.54) is 11.1 Å². The standard InChI is InChI=1S/C17H27NO2/c1-12(2)18(7-8-20-6)11-17(19)16-10-14(4)13(3)9-15(16)5/h9-10,12H,7-8,11H2,1-6H3. The second-order valence-electron chi connectivity index (χ2n) is 5.73. The van der Waals surface area contributed by atoms with Crippen LogP contribution in [-0.2, 0) is 4.74 Å². The molecule has 1 aromatic carbocycles. The number of rotatable bonds is 7. The number of methoxy groups -OCH3 is 1. The summed E-state index contributed by atoms with van der Waals surface area (Å²) in [4.78, 5) is 14.7. The molecule has 0 aliphatic carbocycles. The topological polar surface area (TPSA) is 29.5 Å². The summed E-state index contributed by atoms with van der Waals surface area (Å²) in [5, 5.41) is 0. The quantitative estimate of drug-likeness (QED) is 0.717. The number of benzene rings is 1. The summed E-state index contributed by atoms with van der Waals surface area (Å²) in [5.74, 6) is 0.190. The van der Waals surface area contributed by atoms with Gasteiger partial charge in [-0.3, -0.25) is 9.69 Å². The van der Waals surface area contributed by atoms with Crippen LogP contribution in [0.4, 0.5) is 0 Å². The van der Waals surface area contributed by atoms with E-state index in [4.69, 9.17) is 4.74 Å². The Labute approximate surface area is 122 Å². The number of nitrogens with zero attached hydrogens (tertiary/aromatic N) is 1. The third-order valence-corrected chi connectivity index (χ3v) is 3.80. The number of aryl methyl sites for hydroxylation is 3. The van der Waals surface area contributed by atoms with Crippen molar-refractivity contribution in [3.63, 3.8) is 0 Å².